The molecule has 4 rings (SSSR count). The number of hydrogen-bond acceptors (Lipinski definition) is 6. The lowest BCUT2D eigenvalue weighted by Gasteiger charge is -2.43. The number of anilines is 1. The van der Waals surface area contributed by atoms with Crippen LogP contribution >= 0.6 is 23.1 Å². The van der Waals surface area contributed by atoms with E-state index in [1.807, 2.05) is 22.9 Å². The van der Waals surface area contributed by atoms with Crippen LogP contribution in [0, 0.1) is 0 Å². The molecule has 34 heavy (non-hydrogen) atoms. The Balaban J connectivity index is 1.31. The molecular formula is C25H41N5O2S2. The molecule has 1 atom stereocenters. The van der Waals surface area contributed by atoms with E-state index in [1.165, 1.54) is 55.6 Å². The number of aromatic nitrogens is 1. The second kappa shape index (κ2) is 13.1. The summed E-state index contributed by atoms with van der Waals surface area (Å²) in [6.45, 7) is 4.27. The Labute approximate surface area is 212 Å². The summed E-state index contributed by atoms with van der Waals surface area (Å²) in [6, 6.07) is 1.12. The molecule has 3 aliphatic rings. The summed E-state index contributed by atoms with van der Waals surface area (Å²) in [6.07, 6.45) is 15.9. The van der Waals surface area contributed by atoms with Gasteiger partial charge in [0, 0.05) is 43.9 Å². The van der Waals surface area contributed by atoms with E-state index in [2.05, 4.69) is 20.5 Å². The Morgan fingerprint density at radius 2 is 1.79 bits per heavy atom. The van der Waals surface area contributed by atoms with E-state index in [9.17, 15) is 9.59 Å². The standard InChI is InChI=1S/C25H41N5O2S2/c1-19(31)29-15-11-22(12-16-29)30(21-9-5-2-6-10-21)25(32)28-24-27-18-23(34-24)33-17-13-20-8-4-3-7-14-26-20/h18,20-22,26H,2-17H2,1H3,(H,27,28,32). The highest BCUT2D eigenvalue weighted by atomic mass is 32.2. The van der Waals surface area contributed by atoms with Crippen molar-refractivity contribution in [2.75, 3.05) is 30.7 Å². The highest BCUT2D eigenvalue weighted by Gasteiger charge is 2.34. The summed E-state index contributed by atoms with van der Waals surface area (Å²) in [5.74, 6) is 1.21. The first-order valence-electron chi connectivity index (χ1n) is 13.3. The van der Waals surface area contributed by atoms with Crippen molar-refractivity contribution in [2.24, 2.45) is 0 Å². The Morgan fingerprint density at radius 1 is 1.09 bits per heavy atom. The number of thioether (sulfide) groups is 1. The molecule has 1 aromatic rings. The van der Waals surface area contributed by atoms with Crippen LogP contribution in [-0.2, 0) is 4.79 Å². The van der Waals surface area contributed by atoms with Crippen molar-refractivity contribution in [3.05, 3.63) is 6.20 Å². The van der Waals surface area contributed by atoms with Gasteiger partial charge in [0.1, 0.15) is 0 Å². The summed E-state index contributed by atoms with van der Waals surface area (Å²) < 4.78 is 1.17. The first-order chi connectivity index (χ1) is 16.6. The SMILES string of the molecule is CC(=O)N1CCC(N(C(=O)Nc2ncc(SCCC3CCCCCN3)s2)C2CCCCC2)CC1. The number of carbonyl (C=O) groups excluding carboxylic acids is 2. The van der Waals surface area contributed by atoms with Crippen LogP contribution in [0.25, 0.3) is 0 Å². The molecule has 3 fully saturated rings. The molecule has 1 aliphatic carbocycles. The van der Waals surface area contributed by atoms with Gasteiger partial charge in [0.25, 0.3) is 0 Å². The van der Waals surface area contributed by atoms with Gasteiger partial charge in [-0.3, -0.25) is 10.1 Å². The van der Waals surface area contributed by atoms with E-state index < -0.39 is 0 Å². The van der Waals surface area contributed by atoms with Gasteiger partial charge in [0.05, 0.1) is 10.4 Å². The number of likely N-dealkylation sites (tertiary alicyclic amines) is 1. The average Bonchev–Trinajstić information content (AvgIpc) is 3.12. The van der Waals surface area contributed by atoms with E-state index in [-0.39, 0.29) is 18.0 Å². The Kier molecular flexibility index (Phi) is 9.94. The van der Waals surface area contributed by atoms with Crippen molar-refractivity contribution in [3.8, 4) is 0 Å². The summed E-state index contributed by atoms with van der Waals surface area (Å²) in [5.41, 5.74) is 0. The average molecular weight is 508 g/mol. The zero-order chi connectivity index (χ0) is 23.8. The maximum atomic E-state index is 13.5. The third kappa shape index (κ3) is 7.34. The van der Waals surface area contributed by atoms with Crippen LogP contribution in [0.4, 0.5) is 9.93 Å². The maximum absolute atomic E-state index is 13.5. The number of piperidine rings is 1. The number of amides is 3. The van der Waals surface area contributed by atoms with Gasteiger partial charge in [0.2, 0.25) is 5.91 Å². The predicted molar refractivity (Wildman–Crippen MR) is 141 cm³/mol. The van der Waals surface area contributed by atoms with Crippen molar-refractivity contribution in [1.82, 2.24) is 20.1 Å². The lowest BCUT2D eigenvalue weighted by Crippen LogP contribution is -2.54. The van der Waals surface area contributed by atoms with E-state index >= 15 is 0 Å². The first-order valence-corrected chi connectivity index (χ1v) is 15.1. The van der Waals surface area contributed by atoms with Crippen molar-refractivity contribution in [2.45, 2.75) is 106 Å². The Bertz CT molecular complexity index is 782. The van der Waals surface area contributed by atoms with Gasteiger partial charge in [-0.1, -0.05) is 43.4 Å². The molecule has 190 valence electrons. The van der Waals surface area contributed by atoms with Crippen LogP contribution < -0.4 is 10.6 Å². The molecule has 2 saturated heterocycles. The highest BCUT2D eigenvalue weighted by Crippen LogP contribution is 2.32. The van der Waals surface area contributed by atoms with Gasteiger partial charge in [-0.05, 0) is 51.5 Å². The largest absolute Gasteiger partial charge is 0.343 e. The number of nitrogens with one attached hydrogen (secondary N) is 2. The molecule has 0 radical (unpaired) electrons. The summed E-state index contributed by atoms with van der Waals surface area (Å²) in [4.78, 5) is 33.8. The minimum Gasteiger partial charge on any atom is -0.343 e. The molecular weight excluding hydrogens is 466 g/mol. The molecule has 2 aliphatic heterocycles. The quantitative estimate of drug-likeness (QED) is 0.488. The smallest absolute Gasteiger partial charge is 0.324 e. The minimum absolute atomic E-state index is 0.0123. The van der Waals surface area contributed by atoms with Gasteiger partial charge in [0.15, 0.2) is 5.13 Å². The second-order valence-electron chi connectivity index (χ2n) is 9.99. The third-order valence-electron chi connectivity index (χ3n) is 7.58. The van der Waals surface area contributed by atoms with Crippen molar-refractivity contribution >= 4 is 40.2 Å². The van der Waals surface area contributed by atoms with Gasteiger partial charge in [-0.15, -0.1) is 11.8 Å². The lowest BCUT2D eigenvalue weighted by atomic mass is 9.91. The normalized spacial score (nSPS) is 22.9. The predicted octanol–water partition coefficient (Wildman–Crippen LogP) is 5.34. The molecule has 3 heterocycles. The number of hydrogen-bond donors (Lipinski definition) is 2. The second-order valence-corrected chi connectivity index (χ2v) is 12.4. The number of urea groups is 1. The molecule has 3 amide bonds. The molecule has 1 saturated carbocycles. The third-order valence-corrected chi connectivity index (χ3v) is 9.72. The summed E-state index contributed by atoms with van der Waals surface area (Å²) in [7, 11) is 0. The molecule has 9 heteroatoms. The van der Waals surface area contributed by atoms with E-state index in [1.54, 1.807) is 18.3 Å². The van der Waals surface area contributed by atoms with Crippen LogP contribution in [0.2, 0.25) is 0 Å². The number of thiazole rings is 1. The van der Waals surface area contributed by atoms with Gasteiger partial charge in [-0.25, -0.2) is 9.78 Å². The molecule has 0 spiro atoms. The minimum atomic E-state index is -0.0123. The first kappa shape index (κ1) is 25.8. The molecule has 0 aromatic carbocycles. The fourth-order valence-corrected chi connectivity index (χ4v) is 7.63. The van der Waals surface area contributed by atoms with E-state index in [0.717, 1.165) is 51.1 Å². The summed E-state index contributed by atoms with van der Waals surface area (Å²) >= 11 is 3.44. The summed E-state index contributed by atoms with van der Waals surface area (Å²) in [5, 5.41) is 7.50. The van der Waals surface area contributed by atoms with Crippen LogP contribution in [0.3, 0.4) is 0 Å². The van der Waals surface area contributed by atoms with Crippen LogP contribution in [-0.4, -0.2) is 70.2 Å². The fraction of sp³-hybridized carbons (Fsp3) is 0.800. The molecule has 0 bridgehead atoms. The molecule has 1 aromatic heterocycles. The number of rotatable bonds is 7. The Morgan fingerprint density at radius 3 is 2.56 bits per heavy atom. The topological polar surface area (TPSA) is 77.6 Å². The van der Waals surface area contributed by atoms with E-state index in [4.69, 9.17) is 0 Å². The lowest BCUT2D eigenvalue weighted by molar-refractivity contribution is -0.130. The monoisotopic (exact) mass is 507 g/mol. The van der Waals surface area contributed by atoms with Crippen molar-refractivity contribution in [3.63, 3.8) is 0 Å². The highest BCUT2D eigenvalue weighted by molar-refractivity contribution is 8.01. The number of carbonyl (C=O) groups is 2. The van der Waals surface area contributed by atoms with Crippen LogP contribution in [0.5, 0.6) is 0 Å². The zero-order valence-corrected chi connectivity index (χ0v) is 22.2. The van der Waals surface area contributed by atoms with Crippen molar-refractivity contribution < 1.29 is 9.59 Å². The van der Waals surface area contributed by atoms with E-state index in [0.29, 0.717) is 17.2 Å². The van der Waals surface area contributed by atoms with Gasteiger partial charge in [-0.2, -0.15) is 0 Å². The van der Waals surface area contributed by atoms with Gasteiger partial charge >= 0.3 is 6.03 Å². The van der Waals surface area contributed by atoms with Crippen molar-refractivity contribution in [1.29, 1.82) is 0 Å². The Hall–Kier alpha value is -1.32. The van der Waals surface area contributed by atoms with Gasteiger partial charge < -0.3 is 15.1 Å². The maximum Gasteiger partial charge on any atom is 0.324 e. The zero-order valence-electron chi connectivity index (χ0n) is 20.6. The number of nitrogens with zero attached hydrogens (tertiary/aromatic N) is 3. The molecule has 2 N–H and O–H groups in total. The van der Waals surface area contributed by atoms with Crippen LogP contribution in [0.1, 0.15) is 84.0 Å². The molecule has 1 unspecified atom stereocenters. The fourth-order valence-electron chi connectivity index (χ4n) is 5.64. The van der Waals surface area contributed by atoms with Crippen LogP contribution in [0.15, 0.2) is 10.4 Å². The molecule has 7 nitrogen and oxygen atoms in total.